The van der Waals surface area contributed by atoms with E-state index in [1.165, 1.54) is 4.90 Å². The van der Waals surface area contributed by atoms with Gasteiger partial charge in [-0.3, -0.25) is 14.5 Å². The van der Waals surface area contributed by atoms with Gasteiger partial charge in [0.1, 0.15) is 0 Å². The Balaban J connectivity index is 1.86. The molecule has 138 valence electrons. The maximum absolute atomic E-state index is 13.0. The summed E-state index contributed by atoms with van der Waals surface area (Å²) in [5, 5.41) is 3.76. The third-order valence-corrected chi connectivity index (χ3v) is 5.89. The predicted octanol–water partition coefficient (Wildman–Crippen LogP) is 3.18. The molecule has 0 atom stereocenters. The SMILES string of the molecule is CN(C)CCN1C(=O)c2cccc3c(-c4csc(CN)c4)ccc(c23)C1=O. The first kappa shape index (κ1) is 17.9. The van der Waals surface area contributed by atoms with E-state index in [2.05, 4.69) is 11.4 Å². The fourth-order valence-corrected chi connectivity index (χ4v) is 4.29. The Bertz CT molecular complexity index is 1030. The van der Waals surface area contributed by atoms with Gasteiger partial charge in [0.2, 0.25) is 0 Å². The van der Waals surface area contributed by atoms with Gasteiger partial charge in [0.25, 0.3) is 11.8 Å². The molecule has 2 heterocycles. The lowest BCUT2D eigenvalue weighted by atomic mass is 9.89. The van der Waals surface area contributed by atoms with Crippen molar-refractivity contribution in [2.75, 3.05) is 27.2 Å². The van der Waals surface area contributed by atoms with Crippen molar-refractivity contribution < 1.29 is 9.59 Å². The summed E-state index contributed by atoms with van der Waals surface area (Å²) < 4.78 is 0. The summed E-state index contributed by atoms with van der Waals surface area (Å²) in [6, 6.07) is 11.6. The van der Waals surface area contributed by atoms with Gasteiger partial charge in [0, 0.05) is 41.0 Å². The van der Waals surface area contributed by atoms with Gasteiger partial charge in [0.15, 0.2) is 0 Å². The van der Waals surface area contributed by atoms with E-state index in [0.717, 1.165) is 26.8 Å². The van der Waals surface area contributed by atoms with Gasteiger partial charge < -0.3 is 10.6 Å². The Morgan fingerprint density at radius 2 is 1.74 bits per heavy atom. The van der Waals surface area contributed by atoms with Crippen LogP contribution in [0.5, 0.6) is 0 Å². The molecule has 0 saturated carbocycles. The van der Waals surface area contributed by atoms with Crippen molar-refractivity contribution in [3.63, 3.8) is 0 Å². The number of nitrogens with two attached hydrogens (primary N) is 1. The number of imide groups is 1. The second-order valence-electron chi connectivity index (χ2n) is 6.96. The highest BCUT2D eigenvalue weighted by Crippen LogP contribution is 2.37. The molecule has 1 aliphatic heterocycles. The predicted molar refractivity (Wildman–Crippen MR) is 109 cm³/mol. The number of nitrogens with zero attached hydrogens (tertiary/aromatic N) is 2. The van der Waals surface area contributed by atoms with E-state index in [-0.39, 0.29) is 11.8 Å². The van der Waals surface area contributed by atoms with E-state index in [1.807, 2.05) is 49.3 Å². The monoisotopic (exact) mass is 379 g/mol. The number of hydrogen-bond donors (Lipinski definition) is 1. The second-order valence-corrected chi connectivity index (χ2v) is 7.96. The Morgan fingerprint density at radius 3 is 2.41 bits per heavy atom. The average Bonchev–Trinajstić information content (AvgIpc) is 3.14. The lowest BCUT2D eigenvalue weighted by Crippen LogP contribution is -2.43. The van der Waals surface area contributed by atoms with Crippen molar-refractivity contribution in [2.24, 2.45) is 5.73 Å². The van der Waals surface area contributed by atoms with Crippen LogP contribution in [0.25, 0.3) is 21.9 Å². The van der Waals surface area contributed by atoms with Crippen LogP contribution < -0.4 is 5.73 Å². The van der Waals surface area contributed by atoms with Gasteiger partial charge in [-0.05, 0) is 54.2 Å². The summed E-state index contributed by atoms with van der Waals surface area (Å²) in [5.41, 5.74) is 9.03. The van der Waals surface area contributed by atoms with Crippen molar-refractivity contribution in [3.8, 4) is 11.1 Å². The molecular formula is C21H21N3O2S. The molecule has 27 heavy (non-hydrogen) atoms. The highest BCUT2D eigenvalue weighted by molar-refractivity contribution is 7.10. The molecule has 0 aliphatic carbocycles. The number of carbonyl (C=O) groups is 2. The van der Waals surface area contributed by atoms with Crippen LogP contribution in [-0.2, 0) is 6.54 Å². The van der Waals surface area contributed by atoms with Crippen LogP contribution >= 0.6 is 11.3 Å². The number of thiophene rings is 1. The normalized spacial score (nSPS) is 13.9. The molecule has 6 heteroatoms. The molecule has 2 aromatic carbocycles. The fraction of sp³-hybridized carbons (Fsp3) is 0.238. The third-order valence-electron chi connectivity index (χ3n) is 4.93. The summed E-state index contributed by atoms with van der Waals surface area (Å²) in [4.78, 5) is 30.4. The van der Waals surface area contributed by atoms with Crippen LogP contribution in [0.2, 0.25) is 0 Å². The number of hydrogen-bond acceptors (Lipinski definition) is 5. The van der Waals surface area contributed by atoms with Gasteiger partial charge >= 0.3 is 0 Å². The average molecular weight is 379 g/mol. The number of rotatable bonds is 5. The quantitative estimate of drug-likeness (QED) is 0.692. The van der Waals surface area contributed by atoms with Crippen molar-refractivity contribution >= 4 is 33.9 Å². The minimum atomic E-state index is -0.218. The minimum absolute atomic E-state index is 0.218. The molecule has 1 aliphatic rings. The second kappa shape index (κ2) is 6.88. The molecule has 0 fully saturated rings. The van der Waals surface area contributed by atoms with E-state index in [0.29, 0.717) is 30.8 Å². The van der Waals surface area contributed by atoms with Crippen molar-refractivity contribution in [1.29, 1.82) is 0 Å². The summed E-state index contributed by atoms with van der Waals surface area (Å²) in [5.74, 6) is -0.435. The number of likely N-dealkylation sites (N-methyl/N-ethyl adjacent to an activating group) is 1. The lowest BCUT2D eigenvalue weighted by molar-refractivity contribution is 0.0601. The van der Waals surface area contributed by atoms with E-state index in [1.54, 1.807) is 11.3 Å². The van der Waals surface area contributed by atoms with Crippen LogP contribution in [0.4, 0.5) is 0 Å². The molecule has 0 unspecified atom stereocenters. The van der Waals surface area contributed by atoms with E-state index >= 15 is 0 Å². The zero-order valence-electron chi connectivity index (χ0n) is 15.4. The number of amides is 2. The molecule has 0 radical (unpaired) electrons. The van der Waals surface area contributed by atoms with Gasteiger partial charge in [0.05, 0.1) is 0 Å². The molecule has 0 saturated heterocycles. The molecular weight excluding hydrogens is 358 g/mol. The van der Waals surface area contributed by atoms with Crippen LogP contribution in [-0.4, -0.2) is 48.8 Å². The maximum atomic E-state index is 13.0. The van der Waals surface area contributed by atoms with Gasteiger partial charge in [-0.25, -0.2) is 0 Å². The molecule has 3 aromatic rings. The Morgan fingerprint density at radius 1 is 1.04 bits per heavy atom. The fourth-order valence-electron chi connectivity index (χ4n) is 3.53. The molecule has 0 spiro atoms. The van der Waals surface area contributed by atoms with E-state index in [9.17, 15) is 9.59 Å². The molecule has 1 aromatic heterocycles. The van der Waals surface area contributed by atoms with Crippen molar-refractivity contribution in [3.05, 3.63) is 57.8 Å². The van der Waals surface area contributed by atoms with Gasteiger partial charge in [-0.1, -0.05) is 18.2 Å². The van der Waals surface area contributed by atoms with E-state index in [4.69, 9.17) is 5.73 Å². The highest BCUT2D eigenvalue weighted by atomic mass is 32.1. The summed E-state index contributed by atoms with van der Waals surface area (Å²) in [7, 11) is 3.85. The largest absolute Gasteiger partial charge is 0.326 e. The van der Waals surface area contributed by atoms with Crippen LogP contribution in [0.3, 0.4) is 0 Å². The Labute approximate surface area is 162 Å². The summed E-state index contributed by atoms with van der Waals surface area (Å²) in [6.45, 7) is 1.52. The molecule has 2 N–H and O–H groups in total. The summed E-state index contributed by atoms with van der Waals surface area (Å²) >= 11 is 1.62. The molecule has 2 amide bonds. The Hall–Kier alpha value is -2.54. The first-order valence-electron chi connectivity index (χ1n) is 8.85. The maximum Gasteiger partial charge on any atom is 0.261 e. The lowest BCUT2D eigenvalue weighted by Gasteiger charge is -2.28. The third kappa shape index (κ3) is 2.96. The van der Waals surface area contributed by atoms with Crippen molar-refractivity contribution in [2.45, 2.75) is 6.54 Å². The standard InChI is InChI=1S/C21H21N3O2S/c1-23(2)8-9-24-20(25)17-5-3-4-16-15(13-10-14(11-22)27-12-13)6-7-18(19(16)17)21(24)26/h3-7,10,12H,8-9,11,22H2,1-2H3. The molecule has 5 nitrogen and oxygen atoms in total. The Kier molecular flexibility index (Phi) is 4.55. The first-order chi connectivity index (χ1) is 13.0. The summed E-state index contributed by atoms with van der Waals surface area (Å²) in [6.07, 6.45) is 0. The first-order valence-corrected chi connectivity index (χ1v) is 9.73. The zero-order chi connectivity index (χ0) is 19.1. The van der Waals surface area contributed by atoms with Gasteiger partial charge in [-0.2, -0.15) is 0 Å². The zero-order valence-corrected chi connectivity index (χ0v) is 16.2. The topological polar surface area (TPSA) is 66.6 Å². The van der Waals surface area contributed by atoms with Gasteiger partial charge in [-0.15, -0.1) is 11.3 Å². The minimum Gasteiger partial charge on any atom is -0.326 e. The van der Waals surface area contributed by atoms with Crippen LogP contribution in [0, 0.1) is 0 Å². The number of carbonyl (C=O) groups excluding carboxylic acids is 2. The number of benzene rings is 2. The molecule has 0 bridgehead atoms. The van der Waals surface area contributed by atoms with Crippen LogP contribution in [0.1, 0.15) is 25.6 Å². The molecule has 4 rings (SSSR count). The highest BCUT2D eigenvalue weighted by Gasteiger charge is 2.33. The van der Waals surface area contributed by atoms with E-state index < -0.39 is 0 Å². The van der Waals surface area contributed by atoms with Crippen LogP contribution in [0.15, 0.2) is 41.8 Å². The van der Waals surface area contributed by atoms with Crippen molar-refractivity contribution in [1.82, 2.24) is 9.80 Å². The smallest absolute Gasteiger partial charge is 0.261 e.